The van der Waals surface area contributed by atoms with E-state index in [1.165, 1.54) is 0 Å². The number of rotatable bonds is 4. The highest BCUT2D eigenvalue weighted by Crippen LogP contribution is 2.14. The predicted molar refractivity (Wildman–Crippen MR) is 65.9 cm³/mol. The van der Waals surface area contributed by atoms with Crippen LogP contribution in [0.2, 0.25) is 5.02 Å². The van der Waals surface area contributed by atoms with Gasteiger partial charge in [0, 0.05) is 11.1 Å². The van der Waals surface area contributed by atoms with E-state index in [4.69, 9.17) is 21.4 Å². The minimum atomic E-state index is -0.0889. The molecule has 0 aliphatic heterocycles. The highest BCUT2D eigenvalue weighted by atomic mass is 35.5. The van der Waals surface area contributed by atoms with E-state index in [-0.39, 0.29) is 6.61 Å². The van der Waals surface area contributed by atoms with Gasteiger partial charge in [0.1, 0.15) is 6.61 Å². The summed E-state index contributed by atoms with van der Waals surface area (Å²) in [4.78, 5) is 4.12. The highest BCUT2D eigenvalue weighted by molar-refractivity contribution is 6.30. The van der Waals surface area contributed by atoms with Gasteiger partial charge in [-0.1, -0.05) is 29.8 Å². The second-order valence-electron chi connectivity index (χ2n) is 3.54. The molecule has 0 saturated heterocycles. The van der Waals surface area contributed by atoms with E-state index in [1.807, 2.05) is 24.3 Å². The van der Waals surface area contributed by atoms with E-state index in [0.717, 1.165) is 5.56 Å². The molecule has 88 valence electrons. The van der Waals surface area contributed by atoms with Crippen molar-refractivity contribution in [2.45, 2.75) is 13.2 Å². The van der Waals surface area contributed by atoms with Gasteiger partial charge in [0.2, 0.25) is 5.88 Å². The van der Waals surface area contributed by atoms with Crippen molar-refractivity contribution in [1.29, 1.82) is 0 Å². The molecular formula is C13H12ClNO2. The van der Waals surface area contributed by atoms with Crippen LogP contribution in [0.15, 0.2) is 42.5 Å². The molecule has 3 nitrogen and oxygen atoms in total. The van der Waals surface area contributed by atoms with Crippen LogP contribution in [0.1, 0.15) is 11.3 Å². The lowest BCUT2D eigenvalue weighted by Crippen LogP contribution is -1.99. The van der Waals surface area contributed by atoms with Gasteiger partial charge in [-0.15, -0.1) is 0 Å². The van der Waals surface area contributed by atoms with E-state index < -0.39 is 0 Å². The summed E-state index contributed by atoms with van der Waals surface area (Å²) >= 11 is 5.87. The van der Waals surface area contributed by atoms with E-state index in [9.17, 15) is 0 Å². The summed E-state index contributed by atoms with van der Waals surface area (Å²) in [5, 5.41) is 9.63. The number of aliphatic hydroxyl groups excluding tert-OH is 1. The summed E-state index contributed by atoms with van der Waals surface area (Å²) in [7, 11) is 0. The predicted octanol–water partition coefficient (Wildman–Crippen LogP) is 2.81. The fourth-order valence-corrected chi connectivity index (χ4v) is 1.62. The second-order valence-corrected chi connectivity index (χ2v) is 3.98. The summed E-state index contributed by atoms with van der Waals surface area (Å²) in [6.07, 6.45) is 0. The maximum absolute atomic E-state index is 8.95. The maximum atomic E-state index is 8.95. The molecule has 2 aromatic rings. The number of halogens is 1. The minimum Gasteiger partial charge on any atom is -0.473 e. The molecular weight excluding hydrogens is 238 g/mol. The van der Waals surface area contributed by atoms with Crippen molar-refractivity contribution < 1.29 is 9.84 Å². The lowest BCUT2D eigenvalue weighted by Gasteiger charge is -2.06. The summed E-state index contributed by atoms with van der Waals surface area (Å²) in [6.45, 7) is 0.316. The standard InChI is InChI=1S/C13H12ClNO2/c14-11-4-1-3-10(7-11)9-17-13-6-2-5-12(8-16)15-13/h1-7,16H,8-9H2. The van der Waals surface area contributed by atoms with Crippen molar-refractivity contribution in [2.24, 2.45) is 0 Å². The Labute approximate surface area is 105 Å². The van der Waals surface area contributed by atoms with Gasteiger partial charge in [0.25, 0.3) is 0 Å². The summed E-state index contributed by atoms with van der Waals surface area (Å²) in [6, 6.07) is 12.8. The zero-order chi connectivity index (χ0) is 12.1. The number of benzene rings is 1. The molecule has 0 aliphatic carbocycles. The molecule has 1 heterocycles. The highest BCUT2D eigenvalue weighted by Gasteiger charge is 1.99. The van der Waals surface area contributed by atoms with Crippen LogP contribution in [0.5, 0.6) is 5.88 Å². The lowest BCUT2D eigenvalue weighted by molar-refractivity contribution is 0.266. The molecule has 0 unspecified atom stereocenters. The normalized spacial score (nSPS) is 10.2. The molecule has 0 atom stereocenters. The van der Waals surface area contributed by atoms with Crippen molar-refractivity contribution in [2.75, 3.05) is 0 Å². The Hall–Kier alpha value is -1.58. The van der Waals surface area contributed by atoms with E-state index >= 15 is 0 Å². The van der Waals surface area contributed by atoms with Crippen molar-refractivity contribution in [3.63, 3.8) is 0 Å². The Bertz CT molecular complexity index is 502. The number of aliphatic hydroxyl groups is 1. The van der Waals surface area contributed by atoms with Gasteiger partial charge in [-0.3, -0.25) is 0 Å². The molecule has 0 amide bonds. The summed E-state index contributed by atoms with van der Waals surface area (Å²) in [5.41, 5.74) is 1.57. The fraction of sp³-hybridized carbons (Fsp3) is 0.154. The first-order chi connectivity index (χ1) is 8.28. The number of hydrogen-bond donors (Lipinski definition) is 1. The number of nitrogens with zero attached hydrogens (tertiary/aromatic N) is 1. The van der Waals surface area contributed by atoms with Crippen molar-refractivity contribution in [1.82, 2.24) is 4.98 Å². The molecule has 17 heavy (non-hydrogen) atoms. The average molecular weight is 250 g/mol. The van der Waals surface area contributed by atoms with Crippen molar-refractivity contribution >= 4 is 11.6 Å². The molecule has 1 aromatic heterocycles. The largest absolute Gasteiger partial charge is 0.473 e. The molecule has 0 radical (unpaired) electrons. The first-order valence-electron chi connectivity index (χ1n) is 5.22. The van der Waals surface area contributed by atoms with Gasteiger partial charge < -0.3 is 9.84 Å². The van der Waals surface area contributed by atoms with Crippen LogP contribution < -0.4 is 4.74 Å². The quantitative estimate of drug-likeness (QED) is 0.906. The molecule has 0 spiro atoms. The van der Waals surface area contributed by atoms with E-state index in [0.29, 0.717) is 23.2 Å². The number of hydrogen-bond acceptors (Lipinski definition) is 3. The third-order valence-electron chi connectivity index (χ3n) is 2.22. The van der Waals surface area contributed by atoms with Crippen molar-refractivity contribution in [3.8, 4) is 5.88 Å². The Morgan fingerprint density at radius 2 is 2.00 bits per heavy atom. The first-order valence-corrected chi connectivity index (χ1v) is 5.60. The Balaban J connectivity index is 2.02. The smallest absolute Gasteiger partial charge is 0.213 e. The van der Waals surface area contributed by atoms with E-state index in [1.54, 1.807) is 18.2 Å². The van der Waals surface area contributed by atoms with Crippen LogP contribution in [0.25, 0.3) is 0 Å². The molecule has 1 N–H and O–H groups in total. The van der Waals surface area contributed by atoms with Crippen molar-refractivity contribution in [3.05, 3.63) is 58.7 Å². The zero-order valence-electron chi connectivity index (χ0n) is 9.14. The van der Waals surface area contributed by atoms with Crippen LogP contribution in [-0.2, 0) is 13.2 Å². The van der Waals surface area contributed by atoms with Gasteiger partial charge in [-0.05, 0) is 23.8 Å². The molecule has 2 rings (SSSR count). The third kappa shape index (κ3) is 3.44. The monoisotopic (exact) mass is 249 g/mol. The number of pyridine rings is 1. The SMILES string of the molecule is OCc1cccc(OCc2cccc(Cl)c2)n1. The topological polar surface area (TPSA) is 42.4 Å². The van der Waals surface area contributed by atoms with Crippen LogP contribution >= 0.6 is 11.6 Å². The van der Waals surface area contributed by atoms with Crippen LogP contribution in [0.3, 0.4) is 0 Å². The Morgan fingerprint density at radius 3 is 2.76 bits per heavy atom. The summed E-state index contributed by atoms with van der Waals surface area (Å²) < 4.78 is 5.51. The zero-order valence-corrected chi connectivity index (χ0v) is 9.89. The maximum Gasteiger partial charge on any atom is 0.213 e. The first kappa shape index (κ1) is 11.9. The Kier molecular flexibility index (Phi) is 3.96. The van der Waals surface area contributed by atoms with Gasteiger partial charge in [-0.2, -0.15) is 0 Å². The van der Waals surface area contributed by atoms with Crippen LogP contribution in [0.4, 0.5) is 0 Å². The van der Waals surface area contributed by atoms with Gasteiger partial charge in [0.05, 0.1) is 12.3 Å². The molecule has 0 saturated carbocycles. The summed E-state index contributed by atoms with van der Waals surface area (Å²) in [5.74, 6) is 0.497. The number of aromatic nitrogens is 1. The minimum absolute atomic E-state index is 0.0889. The van der Waals surface area contributed by atoms with Gasteiger partial charge >= 0.3 is 0 Å². The van der Waals surface area contributed by atoms with Crippen LogP contribution in [-0.4, -0.2) is 10.1 Å². The van der Waals surface area contributed by atoms with E-state index in [2.05, 4.69) is 4.98 Å². The van der Waals surface area contributed by atoms with Gasteiger partial charge in [0.15, 0.2) is 0 Å². The Morgan fingerprint density at radius 1 is 1.18 bits per heavy atom. The van der Waals surface area contributed by atoms with Crippen LogP contribution in [0, 0.1) is 0 Å². The fourth-order valence-electron chi connectivity index (χ4n) is 1.41. The lowest BCUT2D eigenvalue weighted by atomic mass is 10.2. The second kappa shape index (κ2) is 5.66. The molecule has 4 heteroatoms. The third-order valence-corrected chi connectivity index (χ3v) is 2.45. The molecule has 1 aromatic carbocycles. The molecule has 0 bridgehead atoms. The average Bonchev–Trinajstić information content (AvgIpc) is 2.37. The van der Waals surface area contributed by atoms with Gasteiger partial charge in [-0.25, -0.2) is 4.98 Å². The molecule has 0 aliphatic rings. The number of ether oxygens (including phenoxy) is 1. The molecule has 0 fully saturated rings.